The van der Waals surface area contributed by atoms with Gasteiger partial charge in [0.05, 0.1) is 6.61 Å². The Morgan fingerprint density at radius 1 is 1.53 bits per heavy atom. The molecule has 8 heteroatoms. The first-order valence-electron chi connectivity index (χ1n) is 5.48. The van der Waals surface area contributed by atoms with E-state index in [1.165, 1.54) is 11.8 Å². The minimum atomic E-state index is -0.462. The predicted octanol–water partition coefficient (Wildman–Crippen LogP) is 1.70. The van der Waals surface area contributed by atoms with Crippen LogP contribution in [-0.2, 0) is 9.53 Å². The number of hydrogen-bond donors (Lipinski definition) is 1. The van der Waals surface area contributed by atoms with Gasteiger partial charge in [-0.15, -0.1) is 11.8 Å². The number of hydrogen-bond acceptors (Lipinski definition) is 8. The number of ether oxygens (including phenoxy) is 1. The van der Waals surface area contributed by atoms with Crippen molar-refractivity contribution < 1.29 is 9.53 Å². The molecule has 0 saturated heterocycles. The van der Waals surface area contributed by atoms with Crippen molar-refractivity contribution in [3.05, 3.63) is 5.56 Å². The van der Waals surface area contributed by atoms with Gasteiger partial charge in [0.1, 0.15) is 26.9 Å². The molecule has 1 unspecified atom stereocenters. The summed E-state index contributed by atoms with van der Waals surface area (Å²) in [4.78, 5) is 19.6. The fourth-order valence-corrected chi connectivity index (χ4v) is 2.74. The minimum absolute atomic E-state index is 0.0851. The van der Waals surface area contributed by atoms with E-state index in [2.05, 4.69) is 9.97 Å². The van der Waals surface area contributed by atoms with E-state index >= 15 is 0 Å². The van der Waals surface area contributed by atoms with Gasteiger partial charge in [0, 0.05) is 0 Å². The number of anilines is 1. The molecule has 0 fully saturated rings. The second-order valence-corrected chi connectivity index (χ2v) is 5.52. The maximum atomic E-state index is 11.6. The van der Waals surface area contributed by atoms with Crippen LogP contribution in [-0.4, -0.2) is 34.0 Å². The summed E-state index contributed by atoms with van der Waals surface area (Å²) in [6.07, 6.45) is 1.80. The van der Waals surface area contributed by atoms with Gasteiger partial charge in [0.15, 0.2) is 0 Å². The van der Waals surface area contributed by atoms with E-state index in [0.717, 1.165) is 11.8 Å². The van der Waals surface area contributed by atoms with E-state index in [1.807, 2.05) is 6.07 Å². The van der Waals surface area contributed by atoms with Gasteiger partial charge in [-0.25, -0.2) is 9.97 Å². The van der Waals surface area contributed by atoms with Crippen molar-refractivity contribution in [2.24, 2.45) is 0 Å². The van der Waals surface area contributed by atoms with Crippen LogP contribution in [0, 0.1) is 11.3 Å². The first-order chi connectivity index (χ1) is 9.03. The lowest BCUT2D eigenvalue weighted by Gasteiger charge is -2.11. The molecule has 1 atom stereocenters. The molecule has 6 nitrogen and oxygen atoms in total. The molecule has 0 saturated carbocycles. The molecule has 0 radical (unpaired) electrons. The third-order valence-electron chi connectivity index (χ3n) is 2.07. The highest BCUT2D eigenvalue weighted by molar-refractivity contribution is 8.00. The molecular formula is C11H14N4O2S2. The molecular weight excluding hydrogens is 284 g/mol. The highest BCUT2D eigenvalue weighted by atomic mass is 32.2. The summed E-state index contributed by atoms with van der Waals surface area (Å²) >= 11 is 2.46. The number of carbonyl (C=O) groups excluding carboxylic acids is 1. The standard InChI is InChI=1S/C11H14N4O2S2/c1-4-17-10(16)6(2)19-9-7(5-12)8(18-3)14-11(13)15-9/h6H,4H2,1-3H3,(H2,13,14,15). The molecule has 0 bridgehead atoms. The molecule has 0 aliphatic heterocycles. The van der Waals surface area contributed by atoms with Gasteiger partial charge in [0.2, 0.25) is 5.95 Å². The molecule has 0 aromatic carbocycles. The molecule has 102 valence electrons. The first-order valence-corrected chi connectivity index (χ1v) is 7.58. The Morgan fingerprint density at radius 2 is 2.16 bits per heavy atom. The Balaban J connectivity index is 3.04. The van der Waals surface area contributed by atoms with Crippen LogP contribution in [0.3, 0.4) is 0 Å². The van der Waals surface area contributed by atoms with Crippen molar-refractivity contribution in [1.29, 1.82) is 5.26 Å². The molecule has 0 amide bonds. The highest BCUT2D eigenvalue weighted by Gasteiger charge is 2.21. The van der Waals surface area contributed by atoms with Crippen molar-refractivity contribution in [3.8, 4) is 6.07 Å². The smallest absolute Gasteiger partial charge is 0.319 e. The number of nitriles is 1. The lowest BCUT2D eigenvalue weighted by molar-refractivity contribution is -0.142. The van der Waals surface area contributed by atoms with Crippen LogP contribution in [0.25, 0.3) is 0 Å². The van der Waals surface area contributed by atoms with Gasteiger partial charge in [-0.1, -0.05) is 11.8 Å². The average Bonchev–Trinajstić information content (AvgIpc) is 2.38. The fourth-order valence-electron chi connectivity index (χ4n) is 1.24. The number of esters is 1. The van der Waals surface area contributed by atoms with Crippen molar-refractivity contribution in [3.63, 3.8) is 0 Å². The Kier molecular flexibility index (Phi) is 5.92. The molecule has 2 N–H and O–H groups in total. The van der Waals surface area contributed by atoms with Crippen molar-refractivity contribution in [1.82, 2.24) is 9.97 Å². The molecule has 1 aromatic heterocycles. The van der Waals surface area contributed by atoms with Gasteiger partial charge >= 0.3 is 5.97 Å². The fraction of sp³-hybridized carbons (Fsp3) is 0.455. The third kappa shape index (κ3) is 4.01. The van der Waals surface area contributed by atoms with E-state index in [4.69, 9.17) is 15.7 Å². The van der Waals surface area contributed by atoms with Gasteiger partial charge in [-0.05, 0) is 20.1 Å². The number of aromatic nitrogens is 2. The number of thioether (sulfide) groups is 2. The van der Waals surface area contributed by atoms with Crippen LogP contribution >= 0.6 is 23.5 Å². The largest absolute Gasteiger partial charge is 0.465 e. The van der Waals surface area contributed by atoms with E-state index in [0.29, 0.717) is 22.2 Å². The zero-order valence-electron chi connectivity index (χ0n) is 10.8. The maximum Gasteiger partial charge on any atom is 0.319 e. The van der Waals surface area contributed by atoms with E-state index in [-0.39, 0.29) is 11.9 Å². The number of rotatable bonds is 5. The minimum Gasteiger partial charge on any atom is -0.465 e. The first kappa shape index (κ1) is 15.6. The second-order valence-electron chi connectivity index (χ2n) is 3.40. The number of carbonyl (C=O) groups is 1. The zero-order chi connectivity index (χ0) is 14.4. The van der Waals surface area contributed by atoms with Crippen molar-refractivity contribution >= 4 is 35.4 Å². The summed E-state index contributed by atoms with van der Waals surface area (Å²) in [5.74, 6) is -0.263. The molecule has 1 rings (SSSR count). The maximum absolute atomic E-state index is 11.6. The van der Waals surface area contributed by atoms with Crippen LogP contribution in [0.1, 0.15) is 19.4 Å². The van der Waals surface area contributed by atoms with E-state index in [1.54, 1.807) is 20.1 Å². The number of nitrogen functional groups attached to an aromatic ring is 1. The van der Waals surface area contributed by atoms with Crippen LogP contribution in [0.15, 0.2) is 10.1 Å². The normalized spacial score (nSPS) is 11.7. The molecule has 1 heterocycles. The highest BCUT2D eigenvalue weighted by Crippen LogP contribution is 2.30. The zero-order valence-corrected chi connectivity index (χ0v) is 12.5. The summed E-state index contributed by atoms with van der Waals surface area (Å²) in [6.45, 7) is 3.75. The Labute approximate surface area is 120 Å². The summed E-state index contributed by atoms with van der Waals surface area (Å²) in [6, 6.07) is 2.04. The Bertz CT molecular complexity index is 516. The van der Waals surface area contributed by atoms with Gasteiger partial charge in [-0.3, -0.25) is 4.79 Å². The number of nitrogens with two attached hydrogens (primary N) is 1. The van der Waals surface area contributed by atoms with Gasteiger partial charge in [-0.2, -0.15) is 5.26 Å². The summed E-state index contributed by atoms with van der Waals surface area (Å²) in [7, 11) is 0. The summed E-state index contributed by atoms with van der Waals surface area (Å²) in [5, 5.41) is 9.61. The van der Waals surface area contributed by atoms with E-state index < -0.39 is 5.25 Å². The molecule has 1 aromatic rings. The predicted molar refractivity (Wildman–Crippen MR) is 74.9 cm³/mol. The van der Waals surface area contributed by atoms with Crippen LogP contribution in [0.4, 0.5) is 5.95 Å². The van der Waals surface area contributed by atoms with Gasteiger partial charge in [0.25, 0.3) is 0 Å². The molecule has 0 aliphatic rings. The molecule has 19 heavy (non-hydrogen) atoms. The Morgan fingerprint density at radius 3 is 2.68 bits per heavy atom. The van der Waals surface area contributed by atoms with Gasteiger partial charge < -0.3 is 10.5 Å². The third-order valence-corrected chi connectivity index (χ3v) is 3.82. The van der Waals surface area contributed by atoms with Crippen LogP contribution in [0.5, 0.6) is 0 Å². The van der Waals surface area contributed by atoms with Crippen molar-refractivity contribution in [2.75, 3.05) is 18.6 Å². The molecule has 0 spiro atoms. The SMILES string of the molecule is CCOC(=O)C(C)Sc1nc(N)nc(SC)c1C#N. The topological polar surface area (TPSA) is 102 Å². The van der Waals surface area contributed by atoms with Crippen LogP contribution < -0.4 is 5.73 Å². The molecule has 0 aliphatic carbocycles. The summed E-state index contributed by atoms with van der Waals surface area (Å²) < 4.78 is 4.91. The lowest BCUT2D eigenvalue weighted by Crippen LogP contribution is -2.17. The quantitative estimate of drug-likeness (QED) is 0.498. The monoisotopic (exact) mass is 298 g/mol. The van der Waals surface area contributed by atoms with Crippen LogP contribution in [0.2, 0.25) is 0 Å². The summed E-state index contributed by atoms with van der Waals surface area (Å²) in [5.41, 5.74) is 5.93. The second kappa shape index (κ2) is 7.21. The van der Waals surface area contributed by atoms with E-state index in [9.17, 15) is 4.79 Å². The Hall–Kier alpha value is -1.46. The lowest BCUT2D eigenvalue weighted by atomic mass is 10.4. The van der Waals surface area contributed by atoms with Crippen molar-refractivity contribution in [2.45, 2.75) is 29.1 Å². The number of nitrogens with zero attached hydrogens (tertiary/aromatic N) is 3. The average molecular weight is 298 g/mol.